The van der Waals surface area contributed by atoms with Crippen molar-refractivity contribution < 1.29 is 14.7 Å². The minimum Gasteiger partial charge on any atom is -0.189 e. The van der Waals surface area contributed by atoms with Crippen molar-refractivity contribution in [3.8, 4) is 0 Å². The zero-order chi connectivity index (χ0) is 15.2. The predicted octanol–water partition coefficient (Wildman–Crippen LogP) is 2.95. The third kappa shape index (κ3) is 3.76. The molecule has 0 fully saturated rings. The molecule has 0 amide bonds. The van der Waals surface area contributed by atoms with Gasteiger partial charge in [0.05, 0.1) is 0 Å². The van der Waals surface area contributed by atoms with Gasteiger partial charge in [0.2, 0.25) is 0 Å². The van der Waals surface area contributed by atoms with Crippen LogP contribution in [0.15, 0.2) is 12.1 Å². The van der Waals surface area contributed by atoms with Crippen molar-refractivity contribution in [3.63, 3.8) is 0 Å². The van der Waals surface area contributed by atoms with E-state index in [2.05, 4.69) is 0 Å². The van der Waals surface area contributed by atoms with Crippen molar-refractivity contribution in [2.45, 2.75) is 59.3 Å². The maximum absolute atomic E-state index is 9.89. The molecule has 0 aromatic heterocycles. The molecule has 0 aliphatic carbocycles. The van der Waals surface area contributed by atoms with Gasteiger partial charge in [-0.2, -0.15) is 14.7 Å². The summed E-state index contributed by atoms with van der Waals surface area (Å²) in [7, 11) is -4.06. The van der Waals surface area contributed by atoms with E-state index in [9.17, 15) is 14.7 Å². The van der Waals surface area contributed by atoms with E-state index in [0.717, 1.165) is 16.7 Å². The Kier molecular flexibility index (Phi) is 4.21. The molecule has 0 aliphatic heterocycles. The van der Waals surface area contributed by atoms with Crippen LogP contribution in [0.3, 0.4) is 0 Å². The second-order valence-corrected chi connectivity index (χ2v) is 8.86. The fourth-order valence-corrected chi connectivity index (χ4v) is 3.69. The van der Waals surface area contributed by atoms with Crippen molar-refractivity contribution >= 4 is 13.2 Å². The molecule has 0 saturated heterocycles. The smallest absolute Gasteiger partial charge is 0.189 e. The van der Waals surface area contributed by atoms with Crippen LogP contribution in [0.4, 0.5) is 0 Å². The highest BCUT2D eigenvalue weighted by Crippen LogP contribution is 2.49. The van der Waals surface area contributed by atoms with Crippen molar-refractivity contribution in [3.05, 3.63) is 28.8 Å². The Balaban J connectivity index is 3.80. The average molecular weight is 285 g/mol. The van der Waals surface area contributed by atoms with Gasteiger partial charge in [0.1, 0.15) is 0 Å². The molecule has 0 heterocycles. The van der Waals surface area contributed by atoms with Gasteiger partial charge in [-0.1, -0.05) is 59.2 Å². The summed E-state index contributed by atoms with van der Waals surface area (Å²) in [6.45, 7) is 14.0. The lowest BCUT2D eigenvalue weighted by Gasteiger charge is -2.29. The fourth-order valence-electron chi connectivity index (χ4n) is 2.25. The van der Waals surface area contributed by atoms with E-state index in [4.69, 9.17) is 0 Å². The second-order valence-electron chi connectivity index (χ2n) is 7.28. The number of hydrogen-bond donors (Lipinski definition) is 3. The maximum atomic E-state index is 9.89. The van der Waals surface area contributed by atoms with Crippen LogP contribution >= 0.6 is 7.94 Å². The van der Waals surface area contributed by atoms with Crippen LogP contribution in [0.5, 0.6) is 0 Å². The van der Waals surface area contributed by atoms with Crippen LogP contribution in [0.1, 0.15) is 58.2 Å². The summed E-state index contributed by atoms with van der Waals surface area (Å²) >= 11 is 0. The lowest BCUT2D eigenvalue weighted by molar-refractivity contribution is 0.344. The van der Waals surface area contributed by atoms with Gasteiger partial charge in [0.15, 0.2) is 5.30 Å². The van der Waals surface area contributed by atoms with E-state index >= 15 is 0 Å². The number of benzene rings is 1. The van der Waals surface area contributed by atoms with Crippen molar-refractivity contribution in [2.24, 2.45) is 0 Å². The van der Waals surface area contributed by atoms with Gasteiger partial charge in [-0.3, -0.25) is 0 Å². The summed E-state index contributed by atoms with van der Waals surface area (Å²) < 4.78 is 0. The third-order valence-electron chi connectivity index (χ3n) is 3.17. The fraction of sp³-hybridized carbons (Fsp3) is 0.600. The summed E-state index contributed by atoms with van der Waals surface area (Å²) in [5.74, 6) is 0. The Hall–Kier alpha value is -0.470. The minimum atomic E-state index is -4.06. The van der Waals surface area contributed by atoms with E-state index < -0.39 is 7.94 Å². The third-order valence-corrected chi connectivity index (χ3v) is 4.25. The zero-order valence-electron chi connectivity index (χ0n) is 12.9. The van der Waals surface area contributed by atoms with Crippen LogP contribution in [0.2, 0.25) is 0 Å². The van der Waals surface area contributed by atoms with Crippen LogP contribution in [-0.2, 0) is 10.8 Å². The predicted molar refractivity (Wildman–Crippen MR) is 81.8 cm³/mol. The Bertz CT molecular complexity index is 439. The Morgan fingerprint density at radius 1 is 0.789 bits per heavy atom. The lowest BCUT2D eigenvalue weighted by Crippen LogP contribution is -2.32. The lowest BCUT2D eigenvalue weighted by atomic mass is 9.79. The van der Waals surface area contributed by atoms with Crippen molar-refractivity contribution in [1.82, 2.24) is 0 Å². The van der Waals surface area contributed by atoms with Crippen LogP contribution in [0, 0.1) is 6.92 Å². The molecule has 4 heteroatoms. The molecule has 0 atom stereocenters. The molecular weight excluding hydrogens is 259 g/mol. The first-order chi connectivity index (χ1) is 8.24. The normalized spacial score (nSPS) is 13.8. The molecule has 0 unspecified atom stereocenters. The number of aryl methyl sites for hydroxylation is 1. The van der Waals surface area contributed by atoms with Gasteiger partial charge < -0.3 is 0 Å². The van der Waals surface area contributed by atoms with Gasteiger partial charge in [-0.05, 0) is 17.8 Å². The quantitative estimate of drug-likeness (QED) is 0.695. The first kappa shape index (κ1) is 16.6. The van der Waals surface area contributed by atoms with E-state index in [1.807, 2.05) is 60.6 Å². The Morgan fingerprint density at radius 3 is 1.32 bits per heavy atom. The molecule has 19 heavy (non-hydrogen) atoms. The molecule has 0 aliphatic rings. The van der Waals surface area contributed by atoms with Crippen molar-refractivity contribution in [1.29, 1.82) is 0 Å². The molecule has 0 radical (unpaired) electrons. The topological polar surface area (TPSA) is 60.7 Å². The largest absolute Gasteiger partial charge is 0.441 e. The average Bonchev–Trinajstić information content (AvgIpc) is 2.11. The highest BCUT2D eigenvalue weighted by molar-refractivity contribution is 7.67. The molecule has 1 aromatic rings. The highest BCUT2D eigenvalue weighted by Gasteiger charge is 2.44. The molecule has 0 saturated carbocycles. The van der Waals surface area contributed by atoms with E-state index in [0.29, 0.717) is 5.30 Å². The van der Waals surface area contributed by atoms with Crippen molar-refractivity contribution in [2.75, 3.05) is 0 Å². The standard InChI is InChI=1S/C15H26O3P/c1-10-8-11(14(2,3)4)13(19(16,17)18)12(9-10)15(5,6)7/h8-9,16-18H,1-7H3/q+1. The molecule has 3 N–H and O–H groups in total. The summed E-state index contributed by atoms with van der Waals surface area (Å²) in [4.78, 5) is 29.7. The summed E-state index contributed by atoms with van der Waals surface area (Å²) in [6.07, 6.45) is 0. The highest BCUT2D eigenvalue weighted by atomic mass is 31.2. The molecule has 1 rings (SSSR count). The van der Waals surface area contributed by atoms with Gasteiger partial charge >= 0.3 is 7.94 Å². The molecule has 0 spiro atoms. The van der Waals surface area contributed by atoms with Gasteiger partial charge in [0, 0.05) is 11.1 Å². The number of rotatable bonds is 1. The number of hydrogen-bond acceptors (Lipinski definition) is 3. The molecule has 3 nitrogen and oxygen atoms in total. The minimum absolute atomic E-state index is 0.263. The van der Waals surface area contributed by atoms with E-state index in [1.54, 1.807) is 0 Å². The molecular formula is C15H26O3P+. The van der Waals surface area contributed by atoms with Crippen LogP contribution in [-0.4, -0.2) is 14.7 Å². The summed E-state index contributed by atoms with van der Waals surface area (Å²) in [6, 6.07) is 3.87. The summed E-state index contributed by atoms with van der Waals surface area (Å²) in [5.41, 5.74) is 2.14. The van der Waals surface area contributed by atoms with Gasteiger partial charge in [-0.15, -0.1) is 0 Å². The van der Waals surface area contributed by atoms with E-state index in [-0.39, 0.29) is 10.8 Å². The monoisotopic (exact) mass is 285 g/mol. The summed E-state index contributed by atoms with van der Waals surface area (Å²) in [5, 5.41) is 0.318. The zero-order valence-corrected chi connectivity index (χ0v) is 13.8. The molecule has 108 valence electrons. The SMILES string of the molecule is Cc1cc(C(C)(C)C)c([P+](O)(O)O)c(C(C)(C)C)c1. The maximum Gasteiger partial charge on any atom is 0.441 e. The van der Waals surface area contributed by atoms with Crippen LogP contribution in [0.25, 0.3) is 0 Å². The van der Waals surface area contributed by atoms with Crippen LogP contribution < -0.4 is 5.30 Å². The van der Waals surface area contributed by atoms with Gasteiger partial charge in [-0.25, -0.2) is 0 Å². The Labute approximate surface area is 116 Å². The Morgan fingerprint density at radius 2 is 1.11 bits per heavy atom. The first-order valence-corrected chi connectivity index (χ1v) is 8.13. The van der Waals surface area contributed by atoms with E-state index in [1.165, 1.54) is 0 Å². The van der Waals surface area contributed by atoms with Gasteiger partial charge in [0.25, 0.3) is 0 Å². The molecule has 0 bridgehead atoms. The second kappa shape index (κ2) is 4.82. The first-order valence-electron chi connectivity index (χ1n) is 6.48. The molecule has 1 aromatic carbocycles.